The van der Waals surface area contributed by atoms with Gasteiger partial charge in [0.2, 0.25) is 10.0 Å². The molecule has 176 valence electrons. The number of carbonyl (C=O) groups excluding carboxylic acids is 1. The van der Waals surface area contributed by atoms with Gasteiger partial charge in [-0.3, -0.25) is 4.79 Å². The SMILES string of the molecule is COc1ccc(N(C(=O)c2ccc(S(=O)(=O)N3CCOCC3)cc2)[C@@H]2C=CS(=O)(=O)C2)cc1. The Bertz CT molecular complexity index is 1250. The van der Waals surface area contributed by atoms with Crippen molar-refractivity contribution >= 4 is 31.5 Å². The molecule has 4 rings (SSSR count). The number of rotatable bonds is 6. The Balaban J connectivity index is 1.64. The number of hydrogen-bond acceptors (Lipinski definition) is 7. The number of anilines is 1. The van der Waals surface area contributed by atoms with Gasteiger partial charge in [0.25, 0.3) is 5.91 Å². The largest absolute Gasteiger partial charge is 0.497 e. The van der Waals surface area contributed by atoms with Crippen LogP contribution in [0.25, 0.3) is 0 Å². The number of sulfone groups is 1. The van der Waals surface area contributed by atoms with E-state index in [9.17, 15) is 21.6 Å². The van der Waals surface area contributed by atoms with Crippen LogP contribution in [0.15, 0.2) is 64.9 Å². The van der Waals surface area contributed by atoms with E-state index in [1.165, 1.54) is 46.7 Å². The topological polar surface area (TPSA) is 110 Å². The minimum atomic E-state index is -3.69. The molecule has 1 atom stereocenters. The summed E-state index contributed by atoms with van der Waals surface area (Å²) >= 11 is 0. The zero-order valence-corrected chi connectivity index (χ0v) is 19.6. The van der Waals surface area contributed by atoms with Gasteiger partial charge in [-0.2, -0.15) is 4.31 Å². The summed E-state index contributed by atoms with van der Waals surface area (Å²) in [5.41, 5.74) is 0.738. The lowest BCUT2D eigenvalue weighted by atomic mass is 10.1. The first-order valence-electron chi connectivity index (χ1n) is 10.3. The maximum absolute atomic E-state index is 13.5. The fraction of sp³-hybridized carbons (Fsp3) is 0.318. The Labute approximate surface area is 193 Å². The van der Waals surface area contributed by atoms with Crippen molar-refractivity contribution in [3.8, 4) is 5.75 Å². The molecule has 0 unspecified atom stereocenters. The van der Waals surface area contributed by atoms with Gasteiger partial charge >= 0.3 is 0 Å². The summed E-state index contributed by atoms with van der Waals surface area (Å²) in [5, 5.41) is 1.11. The molecule has 0 bridgehead atoms. The summed E-state index contributed by atoms with van der Waals surface area (Å²) in [6.45, 7) is 1.22. The van der Waals surface area contributed by atoms with Crippen LogP contribution in [0.2, 0.25) is 0 Å². The van der Waals surface area contributed by atoms with Crippen LogP contribution in [-0.2, 0) is 24.6 Å². The number of benzene rings is 2. The molecule has 9 nitrogen and oxygen atoms in total. The maximum atomic E-state index is 13.5. The Morgan fingerprint density at radius 1 is 1.06 bits per heavy atom. The van der Waals surface area contributed by atoms with Gasteiger partial charge in [0.05, 0.1) is 37.0 Å². The summed E-state index contributed by atoms with van der Waals surface area (Å²) in [6.07, 6.45) is 1.48. The van der Waals surface area contributed by atoms with Crippen molar-refractivity contribution in [1.82, 2.24) is 4.31 Å². The molecule has 0 saturated carbocycles. The summed E-state index contributed by atoms with van der Waals surface area (Å²) in [5.74, 6) is -0.0745. The third kappa shape index (κ3) is 4.96. The molecule has 0 aliphatic carbocycles. The smallest absolute Gasteiger partial charge is 0.258 e. The number of nitrogens with zero attached hydrogens (tertiary/aromatic N) is 2. The third-order valence-electron chi connectivity index (χ3n) is 5.52. The van der Waals surface area contributed by atoms with E-state index in [4.69, 9.17) is 9.47 Å². The molecule has 0 radical (unpaired) electrons. The Hall–Kier alpha value is -2.73. The second-order valence-corrected chi connectivity index (χ2v) is 11.5. The van der Waals surface area contributed by atoms with Crippen molar-refractivity contribution in [3.05, 3.63) is 65.6 Å². The van der Waals surface area contributed by atoms with E-state index >= 15 is 0 Å². The lowest BCUT2D eigenvalue weighted by Gasteiger charge is -2.28. The van der Waals surface area contributed by atoms with Crippen LogP contribution in [0.4, 0.5) is 5.69 Å². The molecular weight excluding hydrogens is 468 g/mol. The van der Waals surface area contributed by atoms with E-state index in [2.05, 4.69) is 0 Å². The molecule has 1 fully saturated rings. The van der Waals surface area contributed by atoms with Gasteiger partial charge in [-0.05, 0) is 54.6 Å². The molecule has 0 spiro atoms. The molecule has 11 heteroatoms. The molecule has 1 amide bonds. The van der Waals surface area contributed by atoms with Crippen LogP contribution in [0.1, 0.15) is 10.4 Å². The van der Waals surface area contributed by atoms with Gasteiger partial charge in [0.1, 0.15) is 5.75 Å². The number of hydrogen-bond donors (Lipinski definition) is 0. The van der Waals surface area contributed by atoms with Crippen molar-refractivity contribution in [1.29, 1.82) is 0 Å². The first kappa shape index (κ1) is 23.4. The highest BCUT2D eigenvalue weighted by molar-refractivity contribution is 7.94. The molecule has 2 aliphatic rings. The minimum absolute atomic E-state index is 0.0836. The molecule has 2 aromatic carbocycles. The van der Waals surface area contributed by atoms with E-state index in [0.29, 0.717) is 24.7 Å². The van der Waals surface area contributed by atoms with Crippen LogP contribution in [0, 0.1) is 0 Å². The number of amides is 1. The van der Waals surface area contributed by atoms with Crippen LogP contribution >= 0.6 is 0 Å². The standard InChI is InChI=1S/C22H24N2O7S2/c1-30-20-6-4-18(5-7-20)24(19-10-15-32(26,27)16-19)22(25)17-2-8-21(9-3-17)33(28,29)23-11-13-31-14-12-23/h2-10,15,19H,11-14,16H2,1H3/t19-/m1/s1. The quantitative estimate of drug-likeness (QED) is 0.603. The predicted octanol–water partition coefficient (Wildman–Crippen LogP) is 1.67. The van der Waals surface area contributed by atoms with Crippen LogP contribution in [0.5, 0.6) is 5.75 Å². The number of sulfonamides is 1. The van der Waals surface area contributed by atoms with Gasteiger partial charge < -0.3 is 14.4 Å². The van der Waals surface area contributed by atoms with E-state index in [1.54, 1.807) is 24.3 Å². The van der Waals surface area contributed by atoms with E-state index in [-0.39, 0.29) is 29.3 Å². The molecular formula is C22H24N2O7S2. The number of methoxy groups -OCH3 is 1. The summed E-state index contributed by atoms with van der Waals surface area (Å²) in [6, 6.07) is 11.7. The van der Waals surface area contributed by atoms with Crippen molar-refractivity contribution in [2.75, 3.05) is 44.1 Å². The highest BCUT2D eigenvalue weighted by atomic mass is 32.2. The zero-order chi connectivity index (χ0) is 23.6. The fourth-order valence-electron chi connectivity index (χ4n) is 3.77. The van der Waals surface area contributed by atoms with Gasteiger partial charge in [0, 0.05) is 29.7 Å². The molecule has 2 heterocycles. The van der Waals surface area contributed by atoms with Gasteiger partial charge in [-0.15, -0.1) is 0 Å². The predicted molar refractivity (Wildman–Crippen MR) is 123 cm³/mol. The second-order valence-electron chi connectivity index (χ2n) is 7.64. The monoisotopic (exact) mass is 492 g/mol. The molecule has 1 saturated heterocycles. The Morgan fingerprint density at radius 2 is 1.70 bits per heavy atom. The third-order valence-corrected chi connectivity index (χ3v) is 8.81. The number of morpholine rings is 1. The molecule has 0 N–H and O–H groups in total. The summed E-state index contributed by atoms with van der Waals surface area (Å²) < 4.78 is 61.5. The van der Waals surface area contributed by atoms with E-state index < -0.39 is 31.8 Å². The normalized spacial score (nSPS) is 20.5. The molecule has 0 aromatic heterocycles. The summed E-state index contributed by atoms with van der Waals surface area (Å²) in [4.78, 5) is 14.9. The Kier molecular flexibility index (Phi) is 6.57. The minimum Gasteiger partial charge on any atom is -0.497 e. The summed E-state index contributed by atoms with van der Waals surface area (Å²) in [7, 11) is -5.58. The molecule has 33 heavy (non-hydrogen) atoms. The first-order valence-corrected chi connectivity index (χ1v) is 13.4. The average Bonchev–Trinajstić information content (AvgIpc) is 3.19. The van der Waals surface area contributed by atoms with Crippen molar-refractivity contribution in [3.63, 3.8) is 0 Å². The van der Waals surface area contributed by atoms with Crippen LogP contribution in [0.3, 0.4) is 0 Å². The molecule has 2 aliphatic heterocycles. The highest BCUT2D eigenvalue weighted by Crippen LogP contribution is 2.27. The van der Waals surface area contributed by atoms with Crippen LogP contribution in [-0.4, -0.2) is 72.3 Å². The van der Waals surface area contributed by atoms with Gasteiger partial charge in [-0.25, -0.2) is 16.8 Å². The second kappa shape index (κ2) is 9.26. The van der Waals surface area contributed by atoms with Crippen molar-refractivity contribution in [2.45, 2.75) is 10.9 Å². The van der Waals surface area contributed by atoms with E-state index in [0.717, 1.165) is 5.41 Å². The van der Waals surface area contributed by atoms with Gasteiger partial charge in [0.15, 0.2) is 9.84 Å². The van der Waals surface area contributed by atoms with Crippen LogP contribution < -0.4 is 9.64 Å². The van der Waals surface area contributed by atoms with Gasteiger partial charge in [-0.1, -0.05) is 0 Å². The first-order chi connectivity index (χ1) is 15.7. The highest BCUT2D eigenvalue weighted by Gasteiger charge is 2.32. The zero-order valence-electron chi connectivity index (χ0n) is 18.0. The fourth-order valence-corrected chi connectivity index (χ4v) is 6.44. The lowest BCUT2D eigenvalue weighted by molar-refractivity contribution is 0.0730. The number of ether oxygens (including phenoxy) is 2. The van der Waals surface area contributed by atoms with Crippen molar-refractivity contribution < 1.29 is 31.1 Å². The van der Waals surface area contributed by atoms with E-state index in [1.807, 2.05) is 0 Å². The average molecular weight is 493 g/mol. The Morgan fingerprint density at radius 3 is 2.24 bits per heavy atom. The molecule has 2 aromatic rings. The lowest BCUT2D eigenvalue weighted by Crippen LogP contribution is -2.41. The van der Waals surface area contributed by atoms with Crippen molar-refractivity contribution in [2.24, 2.45) is 0 Å². The number of carbonyl (C=O) groups is 1. The maximum Gasteiger partial charge on any atom is 0.258 e.